The number of aromatic nitrogens is 2. The van der Waals surface area contributed by atoms with Crippen molar-refractivity contribution >= 4 is 46.9 Å². The van der Waals surface area contributed by atoms with Crippen LogP contribution in [0.5, 0.6) is 0 Å². The van der Waals surface area contributed by atoms with E-state index < -0.39 is 0 Å². The first-order chi connectivity index (χ1) is 12.3. The third-order valence-corrected chi connectivity index (χ3v) is 4.77. The maximum absolute atomic E-state index is 4.72. The van der Waals surface area contributed by atoms with Crippen LogP contribution < -0.4 is 10.6 Å². The number of hydrogen-bond acceptors (Lipinski definition) is 3. The van der Waals surface area contributed by atoms with E-state index >= 15 is 0 Å². The van der Waals surface area contributed by atoms with Crippen molar-refractivity contribution in [1.82, 2.24) is 20.0 Å². The van der Waals surface area contributed by atoms with Crippen molar-refractivity contribution in [3.05, 3.63) is 58.7 Å². The Hall–Kier alpha value is -1.61. The molecule has 0 saturated heterocycles. The first-order valence-corrected chi connectivity index (χ1v) is 9.67. The molecule has 0 aliphatic carbocycles. The van der Waals surface area contributed by atoms with Crippen LogP contribution >= 0.6 is 35.3 Å². The quantitative estimate of drug-likeness (QED) is 0.305. The Morgan fingerprint density at radius 2 is 2.19 bits per heavy atom. The van der Waals surface area contributed by atoms with Crippen LogP contribution in [0.15, 0.2) is 52.4 Å². The minimum Gasteiger partial charge on any atom is -0.357 e. The van der Waals surface area contributed by atoms with E-state index in [4.69, 9.17) is 4.99 Å². The van der Waals surface area contributed by atoms with Crippen LogP contribution in [0.25, 0.3) is 5.65 Å². The molecule has 0 bridgehead atoms. The van der Waals surface area contributed by atoms with Crippen molar-refractivity contribution in [2.45, 2.75) is 26.2 Å². The number of guanidine groups is 1. The minimum atomic E-state index is 0. The van der Waals surface area contributed by atoms with E-state index in [-0.39, 0.29) is 24.0 Å². The number of nitrogens with zero attached hydrogens (tertiary/aromatic N) is 3. The number of nitrogens with one attached hydrogen (secondary N) is 2. The second-order valence-electron chi connectivity index (χ2n) is 6.05. The predicted molar refractivity (Wildman–Crippen MR) is 121 cm³/mol. The molecule has 3 aromatic heterocycles. The van der Waals surface area contributed by atoms with Gasteiger partial charge in [-0.3, -0.25) is 4.99 Å². The molecule has 3 heterocycles. The topological polar surface area (TPSA) is 53.7 Å². The monoisotopic (exact) mass is 483 g/mol. The number of aliphatic imine (C=N–C) groups is 1. The van der Waals surface area contributed by atoms with E-state index in [0.717, 1.165) is 43.4 Å². The summed E-state index contributed by atoms with van der Waals surface area (Å²) in [5.74, 6) is 1.30. The van der Waals surface area contributed by atoms with E-state index in [9.17, 15) is 0 Å². The van der Waals surface area contributed by atoms with E-state index in [1.807, 2.05) is 24.4 Å². The summed E-state index contributed by atoms with van der Waals surface area (Å²) in [7, 11) is 0. The van der Waals surface area contributed by atoms with Gasteiger partial charge < -0.3 is 15.0 Å². The number of imidazole rings is 1. The van der Waals surface area contributed by atoms with Crippen LogP contribution in [-0.4, -0.2) is 35.0 Å². The summed E-state index contributed by atoms with van der Waals surface area (Å²) in [6, 6.07) is 8.22. The van der Waals surface area contributed by atoms with Crippen LogP contribution in [-0.2, 0) is 6.42 Å². The zero-order valence-electron chi connectivity index (χ0n) is 15.2. The number of rotatable bonds is 7. The van der Waals surface area contributed by atoms with Crippen molar-refractivity contribution in [3.8, 4) is 0 Å². The molecular formula is C19H26IN5S. The Labute approximate surface area is 176 Å². The highest BCUT2D eigenvalue weighted by Gasteiger charge is 2.06. The fraction of sp³-hybridized carbons (Fsp3) is 0.368. The first kappa shape index (κ1) is 20.7. The largest absolute Gasteiger partial charge is 0.357 e. The molecule has 0 aliphatic heterocycles. The SMILES string of the molecule is CCNC(=NCC(C)c1ccsc1)NCCc1cn2ccccc2n1.I. The number of hydrogen-bond donors (Lipinski definition) is 2. The molecule has 0 aliphatic rings. The Kier molecular flexibility index (Phi) is 8.37. The summed E-state index contributed by atoms with van der Waals surface area (Å²) < 4.78 is 2.05. The van der Waals surface area contributed by atoms with Gasteiger partial charge in [0.2, 0.25) is 0 Å². The minimum absolute atomic E-state index is 0. The molecule has 0 radical (unpaired) electrons. The van der Waals surface area contributed by atoms with Gasteiger partial charge in [0.25, 0.3) is 0 Å². The summed E-state index contributed by atoms with van der Waals surface area (Å²) in [5, 5.41) is 11.0. The molecule has 0 fully saturated rings. The van der Waals surface area contributed by atoms with Crippen molar-refractivity contribution in [2.24, 2.45) is 4.99 Å². The lowest BCUT2D eigenvalue weighted by atomic mass is 10.1. The van der Waals surface area contributed by atoms with Crippen LogP contribution in [0.2, 0.25) is 0 Å². The highest BCUT2D eigenvalue weighted by Crippen LogP contribution is 2.18. The van der Waals surface area contributed by atoms with Crippen molar-refractivity contribution in [3.63, 3.8) is 0 Å². The predicted octanol–water partition coefficient (Wildman–Crippen LogP) is 3.92. The lowest BCUT2D eigenvalue weighted by Gasteiger charge is -2.12. The van der Waals surface area contributed by atoms with Gasteiger partial charge in [-0.05, 0) is 41.4 Å². The normalized spacial score (nSPS) is 12.6. The molecule has 2 N–H and O–H groups in total. The molecule has 0 aromatic carbocycles. The lowest BCUT2D eigenvalue weighted by molar-refractivity contribution is 0.746. The van der Waals surface area contributed by atoms with Gasteiger partial charge in [-0.1, -0.05) is 13.0 Å². The second kappa shape index (κ2) is 10.5. The maximum Gasteiger partial charge on any atom is 0.191 e. The Bertz CT molecular complexity index is 779. The summed E-state index contributed by atoms with van der Waals surface area (Å²) in [5.41, 5.74) is 3.43. The molecule has 0 spiro atoms. The third-order valence-electron chi connectivity index (χ3n) is 4.07. The third kappa shape index (κ3) is 5.70. The van der Waals surface area contributed by atoms with E-state index in [1.165, 1.54) is 5.56 Å². The molecular weight excluding hydrogens is 457 g/mol. The molecule has 3 rings (SSSR count). The van der Waals surface area contributed by atoms with Gasteiger partial charge in [0.15, 0.2) is 5.96 Å². The highest BCUT2D eigenvalue weighted by molar-refractivity contribution is 14.0. The number of halogens is 1. The molecule has 140 valence electrons. The zero-order valence-corrected chi connectivity index (χ0v) is 18.3. The zero-order chi connectivity index (χ0) is 17.5. The van der Waals surface area contributed by atoms with Crippen LogP contribution in [0.3, 0.4) is 0 Å². The number of pyridine rings is 1. The van der Waals surface area contributed by atoms with Crippen LogP contribution in [0.4, 0.5) is 0 Å². The number of thiophene rings is 1. The van der Waals surface area contributed by atoms with Crippen molar-refractivity contribution < 1.29 is 0 Å². The van der Waals surface area contributed by atoms with Crippen molar-refractivity contribution in [2.75, 3.05) is 19.6 Å². The highest BCUT2D eigenvalue weighted by atomic mass is 127. The smallest absolute Gasteiger partial charge is 0.191 e. The first-order valence-electron chi connectivity index (χ1n) is 8.73. The fourth-order valence-electron chi connectivity index (χ4n) is 2.65. The van der Waals surface area contributed by atoms with Gasteiger partial charge in [0, 0.05) is 44.4 Å². The summed E-state index contributed by atoms with van der Waals surface area (Å²) in [6.07, 6.45) is 4.97. The molecule has 26 heavy (non-hydrogen) atoms. The molecule has 5 nitrogen and oxygen atoms in total. The molecule has 1 atom stereocenters. The van der Waals surface area contributed by atoms with Gasteiger partial charge in [-0.15, -0.1) is 24.0 Å². The number of fused-ring (bicyclic) bond motifs is 1. The van der Waals surface area contributed by atoms with Gasteiger partial charge in [-0.2, -0.15) is 11.3 Å². The van der Waals surface area contributed by atoms with Crippen LogP contribution in [0.1, 0.15) is 31.0 Å². The second-order valence-corrected chi connectivity index (χ2v) is 6.83. The standard InChI is InChI=1S/C19H25N5S.HI/c1-3-20-19(22-12-15(2)16-8-11-25-14-16)21-9-7-17-13-24-10-5-4-6-18(24)23-17;/h4-6,8,10-11,13-15H,3,7,9,12H2,1-2H3,(H2,20,21,22);1H. The van der Waals surface area contributed by atoms with Crippen molar-refractivity contribution in [1.29, 1.82) is 0 Å². The average Bonchev–Trinajstić information content (AvgIpc) is 3.28. The maximum atomic E-state index is 4.72. The molecule has 1 unspecified atom stereocenters. The Morgan fingerprint density at radius 1 is 1.31 bits per heavy atom. The van der Waals surface area contributed by atoms with Gasteiger partial charge in [-0.25, -0.2) is 4.98 Å². The Morgan fingerprint density at radius 3 is 2.92 bits per heavy atom. The van der Waals surface area contributed by atoms with Gasteiger partial charge in [0.05, 0.1) is 5.69 Å². The molecule has 7 heteroatoms. The van der Waals surface area contributed by atoms with Gasteiger partial charge >= 0.3 is 0 Å². The molecule has 0 amide bonds. The van der Waals surface area contributed by atoms with Crippen LogP contribution in [0, 0.1) is 0 Å². The molecule has 0 saturated carbocycles. The van der Waals surface area contributed by atoms with E-state index in [0.29, 0.717) is 5.92 Å². The van der Waals surface area contributed by atoms with Gasteiger partial charge in [0.1, 0.15) is 5.65 Å². The molecule has 3 aromatic rings. The lowest BCUT2D eigenvalue weighted by Crippen LogP contribution is -2.38. The summed E-state index contributed by atoms with van der Waals surface area (Å²) in [4.78, 5) is 9.34. The summed E-state index contributed by atoms with van der Waals surface area (Å²) >= 11 is 1.74. The Balaban J connectivity index is 0.00000243. The average molecular weight is 483 g/mol. The van der Waals surface area contributed by atoms with E-state index in [2.05, 4.69) is 56.9 Å². The van der Waals surface area contributed by atoms with E-state index in [1.54, 1.807) is 11.3 Å². The summed E-state index contributed by atoms with van der Waals surface area (Å²) in [6.45, 7) is 6.74. The fourth-order valence-corrected chi connectivity index (χ4v) is 3.43.